The summed E-state index contributed by atoms with van der Waals surface area (Å²) < 4.78 is 10.5. The molecule has 1 aromatic rings. The van der Waals surface area contributed by atoms with Gasteiger partial charge in [0.2, 0.25) is 0 Å². The van der Waals surface area contributed by atoms with Crippen LogP contribution in [-0.2, 0) is 11.3 Å². The molecule has 0 aliphatic carbocycles. The molecule has 0 aromatic heterocycles. The van der Waals surface area contributed by atoms with E-state index in [4.69, 9.17) is 9.47 Å². The largest absolute Gasteiger partial charge is 0.496 e. The predicted octanol–water partition coefficient (Wildman–Crippen LogP) is 2.37. The summed E-state index contributed by atoms with van der Waals surface area (Å²) in [7, 11) is 1.50. The molecule has 0 radical (unpaired) electrons. The van der Waals surface area contributed by atoms with Crippen molar-refractivity contribution in [3.8, 4) is 5.75 Å². The van der Waals surface area contributed by atoms with Gasteiger partial charge in [0, 0.05) is 25.8 Å². The zero-order valence-corrected chi connectivity index (χ0v) is 12.2. The molecule has 0 aliphatic rings. The van der Waals surface area contributed by atoms with E-state index in [0.717, 1.165) is 12.2 Å². The second kappa shape index (κ2) is 8.50. The summed E-state index contributed by atoms with van der Waals surface area (Å²) in [6, 6.07) is 4.74. The van der Waals surface area contributed by atoms with Crippen LogP contribution < -0.4 is 10.1 Å². The van der Waals surface area contributed by atoms with Crippen molar-refractivity contribution in [2.75, 3.05) is 26.9 Å². The van der Waals surface area contributed by atoms with Crippen LogP contribution in [0.3, 0.4) is 0 Å². The summed E-state index contributed by atoms with van der Waals surface area (Å²) in [5.74, 6) is 1.02. The fourth-order valence-corrected chi connectivity index (χ4v) is 1.66. The van der Waals surface area contributed by atoms with Gasteiger partial charge in [-0.05, 0) is 17.5 Å². The quantitative estimate of drug-likeness (QED) is 0.427. The monoisotopic (exact) mass is 282 g/mol. The van der Waals surface area contributed by atoms with E-state index in [-0.39, 0.29) is 5.69 Å². The molecule has 6 heteroatoms. The minimum absolute atomic E-state index is 0.0391. The SMILES string of the molecule is COc1cc(CNCCOCC(C)C)cc([N+](=O)[O-])c1. The maximum absolute atomic E-state index is 10.8. The van der Waals surface area contributed by atoms with Crippen LogP contribution in [0, 0.1) is 16.0 Å². The molecule has 0 atom stereocenters. The molecular weight excluding hydrogens is 260 g/mol. The summed E-state index contributed by atoms with van der Waals surface area (Å²) in [6.45, 7) is 6.82. The molecule has 1 rings (SSSR count). The van der Waals surface area contributed by atoms with Gasteiger partial charge in [-0.1, -0.05) is 13.8 Å². The summed E-state index contributed by atoms with van der Waals surface area (Å²) >= 11 is 0. The zero-order valence-electron chi connectivity index (χ0n) is 12.2. The fraction of sp³-hybridized carbons (Fsp3) is 0.571. The van der Waals surface area contributed by atoms with Crippen molar-refractivity contribution in [3.05, 3.63) is 33.9 Å². The lowest BCUT2D eigenvalue weighted by Gasteiger charge is -2.09. The van der Waals surface area contributed by atoms with E-state index in [9.17, 15) is 10.1 Å². The standard InChI is InChI=1S/C14H22N2O4/c1-11(2)10-20-5-4-15-9-12-6-13(16(17)18)8-14(7-12)19-3/h6-8,11,15H,4-5,9-10H2,1-3H3. The number of methoxy groups -OCH3 is 1. The van der Waals surface area contributed by atoms with Crippen molar-refractivity contribution in [1.82, 2.24) is 5.32 Å². The first-order valence-corrected chi connectivity index (χ1v) is 6.63. The van der Waals surface area contributed by atoms with Crippen LogP contribution in [-0.4, -0.2) is 31.8 Å². The van der Waals surface area contributed by atoms with Crippen LogP contribution in [0.25, 0.3) is 0 Å². The molecule has 0 unspecified atom stereocenters. The van der Waals surface area contributed by atoms with Crippen LogP contribution >= 0.6 is 0 Å². The number of hydrogen-bond acceptors (Lipinski definition) is 5. The van der Waals surface area contributed by atoms with Crippen molar-refractivity contribution in [2.45, 2.75) is 20.4 Å². The highest BCUT2D eigenvalue weighted by atomic mass is 16.6. The van der Waals surface area contributed by atoms with Crippen molar-refractivity contribution in [2.24, 2.45) is 5.92 Å². The van der Waals surface area contributed by atoms with Crippen LogP contribution in [0.2, 0.25) is 0 Å². The van der Waals surface area contributed by atoms with Crippen molar-refractivity contribution < 1.29 is 14.4 Å². The molecule has 1 N–H and O–H groups in total. The Labute approximate surface area is 119 Å². The number of nitrogens with zero attached hydrogens (tertiary/aromatic N) is 1. The summed E-state index contributed by atoms with van der Waals surface area (Å²) in [5, 5.41) is 14.0. The Hall–Kier alpha value is -1.66. The molecule has 0 spiro atoms. The second-order valence-electron chi connectivity index (χ2n) is 4.94. The van der Waals surface area contributed by atoms with Crippen LogP contribution in [0.15, 0.2) is 18.2 Å². The molecule has 0 heterocycles. The normalized spacial score (nSPS) is 10.8. The fourth-order valence-electron chi connectivity index (χ4n) is 1.66. The van der Waals surface area contributed by atoms with Crippen LogP contribution in [0.4, 0.5) is 5.69 Å². The molecule has 6 nitrogen and oxygen atoms in total. The second-order valence-corrected chi connectivity index (χ2v) is 4.94. The van der Waals surface area contributed by atoms with Gasteiger partial charge < -0.3 is 14.8 Å². The molecule has 0 aliphatic heterocycles. The molecule has 20 heavy (non-hydrogen) atoms. The number of hydrogen-bond donors (Lipinski definition) is 1. The Balaban J connectivity index is 2.43. The van der Waals surface area contributed by atoms with Gasteiger partial charge in [0.05, 0.1) is 24.7 Å². The molecule has 0 amide bonds. The smallest absolute Gasteiger partial charge is 0.273 e. The molecule has 0 saturated carbocycles. The average Bonchev–Trinajstić information content (AvgIpc) is 2.41. The van der Waals surface area contributed by atoms with E-state index in [2.05, 4.69) is 19.2 Å². The number of rotatable bonds is 9. The van der Waals surface area contributed by atoms with E-state index in [1.165, 1.54) is 13.2 Å². The van der Waals surface area contributed by atoms with Gasteiger partial charge in [-0.15, -0.1) is 0 Å². The highest BCUT2D eigenvalue weighted by molar-refractivity contribution is 5.42. The highest BCUT2D eigenvalue weighted by Crippen LogP contribution is 2.22. The Bertz CT molecular complexity index is 435. The van der Waals surface area contributed by atoms with E-state index in [1.54, 1.807) is 12.1 Å². The van der Waals surface area contributed by atoms with Crippen molar-refractivity contribution >= 4 is 5.69 Å². The van der Waals surface area contributed by atoms with Gasteiger partial charge in [-0.2, -0.15) is 0 Å². The first-order valence-electron chi connectivity index (χ1n) is 6.63. The van der Waals surface area contributed by atoms with E-state index >= 15 is 0 Å². The van der Waals surface area contributed by atoms with Gasteiger partial charge in [-0.3, -0.25) is 10.1 Å². The number of nitro benzene ring substituents is 1. The lowest BCUT2D eigenvalue weighted by atomic mass is 10.2. The number of non-ortho nitro benzene ring substituents is 1. The van der Waals surface area contributed by atoms with Gasteiger partial charge in [0.15, 0.2) is 0 Å². The third-order valence-corrected chi connectivity index (χ3v) is 2.60. The van der Waals surface area contributed by atoms with E-state index in [1.807, 2.05) is 0 Å². The molecule has 112 valence electrons. The zero-order chi connectivity index (χ0) is 15.0. The minimum atomic E-state index is -0.419. The van der Waals surface area contributed by atoms with Crippen molar-refractivity contribution in [3.63, 3.8) is 0 Å². The van der Waals surface area contributed by atoms with E-state index < -0.39 is 4.92 Å². The average molecular weight is 282 g/mol. The number of benzene rings is 1. The summed E-state index contributed by atoms with van der Waals surface area (Å²) in [4.78, 5) is 10.4. The summed E-state index contributed by atoms with van der Waals surface area (Å²) in [5.41, 5.74) is 0.858. The number of ether oxygens (including phenoxy) is 2. The van der Waals surface area contributed by atoms with Gasteiger partial charge in [0.1, 0.15) is 5.75 Å². The minimum Gasteiger partial charge on any atom is -0.496 e. The first-order chi connectivity index (χ1) is 9.52. The Kier molecular flexibility index (Phi) is 6.97. The molecule has 1 aromatic carbocycles. The number of nitro groups is 1. The summed E-state index contributed by atoms with van der Waals surface area (Å²) in [6.07, 6.45) is 0. The lowest BCUT2D eigenvalue weighted by molar-refractivity contribution is -0.385. The first kappa shape index (κ1) is 16.4. The molecule has 0 bridgehead atoms. The lowest BCUT2D eigenvalue weighted by Crippen LogP contribution is -2.20. The van der Waals surface area contributed by atoms with Crippen LogP contribution in [0.5, 0.6) is 5.75 Å². The highest BCUT2D eigenvalue weighted by Gasteiger charge is 2.09. The molecule has 0 saturated heterocycles. The maximum atomic E-state index is 10.8. The van der Waals surface area contributed by atoms with Crippen LogP contribution in [0.1, 0.15) is 19.4 Å². The maximum Gasteiger partial charge on any atom is 0.273 e. The third-order valence-electron chi connectivity index (χ3n) is 2.60. The van der Waals surface area contributed by atoms with Gasteiger partial charge in [0.25, 0.3) is 5.69 Å². The third kappa shape index (κ3) is 5.99. The number of nitrogens with one attached hydrogen (secondary N) is 1. The Morgan fingerprint density at radius 2 is 2.10 bits per heavy atom. The van der Waals surface area contributed by atoms with Gasteiger partial charge >= 0.3 is 0 Å². The van der Waals surface area contributed by atoms with E-state index in [0.29, 0.717) is 31.4 Å². The van der Waals surface area contributed by atoms with Crippen molar-refractivity contribution in [1.29, 1.82) is 0 Å². The molecule has 0 fully saturated rings. The predicted molar refractivity (Wildman–Crippen MR) is 77.0 cm³/mol. The topological polar surface area (TPSA) is 73.6 Å². The Morgan fingerprint density at radius 3 is 2.70 bits per heavy atom. The Morgan fingerprint density at radius 1 is 1.35 bits per heavy atom. The van der Waals surface area contributed by atoms with Gasteiger partial charge in [-0.25, -0.2) is 0 Å². The molecular formula is C14H22N2O4.